The van der Waals surface area contributed by atoms with Crippen LogP contribution in [0.15, 0.2) is 59.6 Å². The molecule has 0 saturated heterocycles. The first-order chi connectivity index (χ1) is 15.5. The monoisotopic (exact) mass is 553 g/mol. The molecule has 0 aliphatic carbocycles. The van der Waals surface area contributed by atoms with Crippen molar-refractivity contribution in [1.82, 2.24) is 0 Å². The van der Waals surface area contributed by atoms with Gasteiger partial charge in [-0.1, -0.05) is 86.8 Å². The van der Waals surface area contributed by atoms with Gasteiger partial charge in [0.2, 0.25) is 0 Å². The number of benzene rings is 3. The number of phenolic OH excluding ortho intramolecular Hbond substituents is 1. The Morgan fingerprint density at radius 3 is 1.91 bits per heavy atom. The van der Waals surface area contributed by atoms with Crippen molar-refractivity contribution in [2.75, 3.05) is 0 Å². The summed E-state index contributed by atoms with van der Waals surface area (Å²) >= 11 is 12.1. The van der Waals surface area contributed by atoms with Crippen LogP contribution in [0.25, 0.3) is 0 Å². The van der Waals surface area contributed by atoms with Gasteiger partial charge in [-0.3, -0.25) is 4.99 Å². The molecule has 0 aliphatic rings. The van der Waals surface area contributed by atoms with E-state index in [1.807, 2.05) is 38.1 Å². The standard InChI is InChI=1S/C20H23Cl2NO.C8H7N.CH3.Ni/c1-11(2)15-7-6-8-16(12(3)4)19(15)23-13(5)17-9-14(21)10-18(22)20(17)24;1-7-2-4-8(6-9)5-3-7;;/h6-12,24H,1-5H3;2-5H,1H3;1H3;/q;;-1;. The number of aromatic hydroxyl groups is 1. The molecule has 0 aromatic heterocycles. The molecule has 3 aromatic carbocycles. The average Bonchev–Trinajstić information content (AvgIpc) is 2.77. The van der Waals surface area contributed by atoms with E-state index in [4.69, 9.17) is 33.5 Å². The van der Waals surface area contributed by atoms with E-state index in [0.29, 0.717) is 28.1 Å². The molecular formula is C29H33Cl2N2NiO-. The summed E-state index contributed by atoms with van der Waals surface area (Å²) in [5, 5.41) is 19.3. The first kappa shape index (κ1) is 32.7. The molecule has 6 heteroatoms. The van der Waals surface area contributed by atoms with Crippen LogP contribution in [-0.4, -0.2) is 10.8 Å². The van der Waals surface area contributed by atoms with E-state index in [2.05, 4.69) is 52.0 Å². The summed E-state index contributed by atoms with van der Waals surface area (Å²) in [5.41, 5.74) is 6.50. The van der Waals surface area contributed by atoms with E-state index in [0.717, 1.165) is 11.3 Å². The summed E-state index contributed by atoms with van der Waals surface area (Å²) in [4.78, 5) is 4.85. The molecule has 0 unspecified atom stereocenters. The number of hydrogen-bond acceptors (Lipinski definition) is 3. The zero-order valence-electron chi connectivity index (χ0n) is 21.3. The largest absolute Gasteiger partial charge is 0.506 e. The number of nitrogens with zero attached hydrogens (tertiary/aromatic N) is 2. The van der Waals surface area contributed by atoms with Crippen LogP contribution >= 0.6 is 23.2 Å². The van der Waals surface area contributed by atoms with Crippen molar-refractivity contribution in [2.45, 2.75) is 53.4 Å². The van der Waals surface area contributed by atoms with Crippen LogP contribution in [0.5, 0.6) is 5.75 Å². The van der Waals surface area contributed by atoms with Crippen LogP contribution in [0.4, 0.5) is 5.69 Å². The Kier molecular flexibility index (Phi) is 14.0. The molecule has 0 saturated carbocycles. The van der Waals surface area contributed by atoms with Crippen molar-refractivity contribution in [2.24, 2.45) is 4.99 Å². The zero-order chi connectivity index (χ0) is 24.7. The summed E-state index contributed by atoms with van der Waals surface area (Å²) in [6, 6.07) is 19.0. The minimum atomic E-state index is 0. The van der Waals surface area contributed by atoms with E-state index < -0.39 is 0 Å². The predicted molar refractivity (Wildman–Crippen MR) is 147 cm³/mol. The number of para-hydroxylation sites is 1. The summed E-state index contributed by atoms with van der Waals surface area (Å²) in [5.74, 6) is 0.717. The van der Waals surface area contributed by atoms with Crippen molar-refractivity contribution >= 4 is 34.6 Å². The first-order valence-corrected chi connectivity index (χ1v) is 11.6. The Labute approximate surface area is 230 Å². The third-order valence-electron chi connectivity index (χ3n) is 5.22. The molecule has 3 rings (SSSR count). The number of aryl methyl sites for hydroxylation is 1. The minimum Gasteiger partial charge on any atom is -0.506 e. The van der Waals surface area contributed by atoms with Crippen LogP contribution in [0.2, 0.25) is 10.0 Å². The molecule has 0 bridgehead atoms. The predicted octanol–water partition coefficient (Wildman–Crippen LogP) is 9.40. The molecular weight excluding hydrogens is 522 g/mol. The molecule has 3 aromatic rings. The molecule has 1 N–H and O–H groups in total. The number of aliphatic imine (C=N–C) groups is 1. The number of hydrogen-bond donors (Lipinski definition) is 1. The fourth-order valence-electron chi connectivity index (χ4n) is 3.34. The normalized spacial score (nSPS) is 10.6. The van der Waals surface area contributed by atoms with Crippen LogP contribution in [0.3, 0.4) is 0 Å². The topological polar surface area (TPSA) is 56.4 Å². The molecule has 0 radical (unpaired) electrons. The maximum Gasteiger partial charge on any atom is 0.143 e. The molecule has 0 spiro atoms. The summed E-state index contributed by atoms with van der Waals surface area (Å²) in [7, 11) is 0. The van der Waals surface area contributed by atoms with Crippen molar-refractivity contribution in [3.63, 3.8) is 0 Å². The van der Waals surface area contributed by atoms with Gasteiger partial charge in [0.25, 0.3) is 0 Å². The van der Waals surface area contributed by atoms with Gasteiger partial charge in [-0.15, -0.1) is 0 Å². The third-order valence-corrected chi connectivity index (χ3v) is 5.73. The Balaban J connectivity index is 0.000000890. The molecule has 0 aliphatic heterocycles. The van der Waals surface area contributed by atoms with Gasteiger partial charge in [-0.05, 0) is 61.1 Å². The smallest absolute Gasteiger partial charge is 0.143 e. The zero-order valence-corrected chi connectivity index (χ0v) is 23.8. The quantitative estimate of drug-likeness (QED) is 0.198. The van der Waals surface area contributed by atoms with Crippen molar-refractivity contribution in [1.29, 1.82) is 5.26 Å². The molecule has 35 heavy (non-hydrogen) atoms. The Hall–Kier alpha value is -2.31. The van der Waals surface area contributed by atoms with Gasteiger partial charge in [0, 0.05) is 32.8 Å². The van der Waals surface area contributed by atoms with Crippen LogP contribution in [0.1, 0.15) is 74.3 Å². The number of phenols is 1. The van der Waals surface area contributed by atoms with Gasteiger partial charge in [0.05, 0.1) is 22.3 Å². The van der Waals surface area contributed by atoms with E-state index in [1.54, 1.807) is 6.07 Å². The maximum absolute atomic E-state index is 10.3. The van der Waals surface area contributed by atoms with Crippen LogP contribution < -0.4 is 0 Å². The van der Waals surface area contributed by atoms with Gasteiger partial charge in [0.15, 0.2) is 0 Å². The van der Waals surface area contributed by atoms with E-state index in [1.165, 1.54) is 22.8 Å². The van der Waals surface area contributed by atoms with Gasteiger partial charge in [0.1, 0.15) is 5.75 Å². The van der Waals surface area contributed by atoms with Gasteiger partial charge in [-0.2, -0.15) is 5.26 Å². The maximum atomic E-state index is 10.3. The fourth-order valence-corrected chi connectivity index (χ4v) is 3.83. The molecule has 0 amide bonds. The third kappa shape index (κ3) is 9.01. The number of halogens is 2. The number of rotatable bonds is 4. The Morgan fingerprint density at radius 2 is 1.46 bits per heavy atom. The Morgan fingerprint density at radius 1 is 0.943 bits per heavy atom. The van der Waals surface area contributed by atoms with Crippen molar-refractivity contribution in [3.05, 3.63) is 99.9 Å². The number of nitriles is 1. The second-order valence-electron chi connectivity index (χ2n) is 8.55. The van der Waals surface area contributed by atoms with Crippen molar-refractivity contribution in [3.8, 4) is 11.8 Å². The van der Waals surface area contributed by atoms with E-state index >= 15 is 0 Å². The van der Waals surface area contributed by atoms with Crippen LogP contribution in [-0.2, 0) is 16.5 Å². The fraction of sp³-hybridized carbons (Fsp3) is 0.276. The van der Waals surface area contributed by atoms with Crippen molar-refractivity contribution < 1.29 is 21.6 Å². The summed E-state index contributed by atoms with van der Waals surface area (Å²) in [6.07, 6.45) is 0. The van der Waals surface area contributed by atoms with E-state index in [-0.39, 0.29) is 34.7 Å². The minimum absolute atomic E-state index is 0. The summed E-state index contributed by atoms with van der Waals surface area (Å²) in [6.45, 7) is 12.5. The second-order valence-corrected chi connectivity index (χ2v) is 9.40. The molecule has 190 valence electrons. The van der Waals surface area contributed by atoms with Gasteiger partial charge < -0.3 is 12.5 Å². The average molecular weight is 555 g/mol. The summed E-state index contributed by atoms with van der Waals surface area (Å²) < 4.78 is 0. The van der Waals surface area contributed by atoms with Gasteiger partial charge in [-0.25, -0.2) is 0 Å². The van der Waals surface area contributed by atoms with Gasteiger partial charge >= 0.3 is 0 Å². The van der Waals surface area contributed by atoms with E-state index in [9.17, 15) is 5.11 Å². The molecule has 0 fully saturated rings. The molecule has 0 heterocycles. The Bertz CT molecular complexity index is 1150. The SMILES string of the molecule is CC(=Nc1c(C(C)C)cccc1C(C)C)c1cc(Cl)cc(Cl)c1O.Cc1ccc(C#N)cc1.[CH3-].[Ni]. The first-order valence-electron chi connectivity index (χ1n) is 10.9. The second kappa shape index (κ2) is 14.9. The molecule has 0 atom stereocenters. The molecule has 3 nitrogen and oxygen atoms in total. The van der Waals surface area contributed by atoms with Crippen LogP contribution in [0, 0.1) is 25.7 Å².